The molecule has 0 aliphatic rings. The van der Waals surface area contributed by atoms with E-state index in [1.54, 1.807) is 19.1 Å². The third kappa shape index (κ3) is 4.95. The first-order valence-electron chi connectivity index (χ1n) is 7.10. The van der Waals surface area contributed by atoms with E-state index in [4.69, 9.17) is 4.74 Å². The van der Waals surface area contributed by atoms with Crippen molar-refractivity contribution in [2.24, 2.45) is 0 Å². The molecule has 0 radical (unpaired) electrons. The summed E-state index contributed by atoms with van der Waals surface area (Å²) in [5.41, 5.74) is 0.788. The molecule has 2 aromatic carbocycles. The highest BCUT2D eigenvalue weighted by Gasteiger charge is 2.16. The molecule has 0 heterocycles. The summed E-state index contributed by atoms with van der Waals surface area (Å²) in [6, 6.07) is 8.67. The highest BCUT2D eigenvalue weighted by molar-refractivity contribution is 9.10. The first kappa shape index (κ1) is 18.7. The second kappa shape index (κ2) is 8.48. The molecule has 0 saturated heterocycles. The van der Waals surface area contributed by atoms with Gasteiger partial charge in [-0.3, -0.25) is 4.79 Å². The molecule has 0 fully saturated rings. The number of thioether (sulfide) groups is 1. The van der Waals surface area contributed by atoms with Crippen molar-refractivity contribution in [3.8, 4) is 5.75 Å². The van der Waals surface area contributed by atoms with Crippen molar-refractivity contribution in [2.45, 2.75) is 17.9 Å². The van der Waals surface area contributed by atoms with Gasteiger partial charge in [-0.05, 0) is 43.3 Å². The summed E-state index contributed by atoms with van der Waals surface area (Å²) in [4.78, 5) is 12.2. The molecule has 7 heteroatoms. The third-order valence-electron chi connectivity index (χ3n) is 3.29. The Kier molecular flexibility index (Phi) is 6.62. The Bertz CT molecular complexity index is 743. The number of ether oxygens (including phenoxy) is 1. The number of hydrogen-bond acceptors (Lipinski definition) is 3. The molecule has 24 heavy (non-hydrogen) atoms. The summed E-state index contributed by atoms with van der Waals surface area (Å²) in [6.45, 7) is 1.71. The maximum Gasteiger partial charge on any atom is 0.237 e. The number of methoxy groups -OCH3 is 1. The van der Waals surface area contributed by atoms with Gasteiger partial charge in [-0.2, -0.15) is 0 Å². The molecule has 2 rings (SSSR count). The standard InChI is InChI=1S/C17H16BrF2NO2S/c1-10(17(22)21-15-5-3-12(18)8-14(15)20)24-9-11-7-13(19)4-6-16(11)23-2/h3-8,10H,9H2,1-2H3,(H,21,22). The summed E-state index contributed by atoms with van der Waals surface area (Å²) in [7, 11) is 1.51. The molecule has 1 atom stereocenters. The van der Waals surface area contributed by atoms with Crippen LogP contribution in [0, 0.1) is 11.6 Å². The molecular formula is C17H16BrF2NO2S. The van der Waals surface area contributed by atoms with E-state index in [9.17, 15) is 13.6 Å². The van der Waals surface area contributed by atoms with Crippen LogP contribution < -0.4 is 10.1 Å². The van der Waals surface area contributed by atoms with Gasteiger partial charge in [0.15, 0.2) is 0 Å². The van der Waals surface area contributed by atoms with Crippen LogP contribution in [0.4, 0.5) is 14.5 Å². The van der Waals surface area contributed by atoms with E-state index in [1.807, 2.05) is 0 Å². The van der Waals surface area contributed by atoms with Crippen LogP contribution in [0.5, 0.6) is 5.75 Å². The summed E-state index contributed by atoms with van der Waals surface area (Å²) in [5, 5.41) is 2.11. The Balaban J connectivity index is 1.98. The van der Waals surface area contributed by atoms with Gasteiger partial charge in [-0.15, -0.1) is 11.8 Å². The number of benzene rings is 2. The van der Waals surface area contributed by atoms with Crippen molar-refractivity contribution in [1.29, 1.82) is 0 Å². The van der Waals surface area contributed by atoms with Crippen molar-refractivity contribution >= 4 is 39.3 Å². The fraction of sp³-hybridized carbons (Fsp3) is 0.235. The Morgan fingerprint density at radius 2 is 2.04 bits per heavy atom. The second-order valence-corrected chi connectivity index (χ2v) is 7.27. The number of carbonyl (C=O) groups is 1. The fourth-order valence-corrected chi connectivity index (χ4v) is 3.17. The molecule has 1 N–H and O–H groups in total. The minimum Gasteiger partial charge on any atom is -0.496 e. The molecule has 3 nitrogen and oxygen atoms in total. The maximum atomic E-state index is 13.8. The lowest BCUT2D eigenvalue weighted by molar-refractivity contribution is -0.115. The zero-order valence-corrected chi connectivity index (χ0v) is 15.5. The average Bonchev–Trinajstić information content (AvgIpc) is 2.55. The lowest BCUT2D eigenvalue weighted by atomic mass is 10.2. The van der Waals surface area contributed by atoms with E-state index in [1.165, 1.54) is 43.1 Å². The molecule has 1 amide bonds. The molecule has 128 valence electrons. The molecular weight excluding hydrogens is 400 g/mol. The van der Waals surface area contributed by atoms with Gasteiger partial charge >= 0.3 is 0 Å². The van der Waals surface area contributed by atoms with E-state index in [0.717, 1.165) is 0 Å². The monoisotopic (exact) mass is 415 g/mol. The van der Waals surface area contributed by atoms with Crippen LogP contribution in [0.2, 0.25) is 0 Å². The molecule has 0 aliphatic carbocycles. The van der Waals surface area contributed by atoms with E-state index >= 15 is 0 Å². The quantitative estimate of drug-likeness (QED) is 0.721. The lowest BCUT2D eigenvalue weighted by Gasteiger charge is -2.14. The molecule has 2 aromatic rings. The largest absolute Gasteiger partial charge is 0.496 e. The van der Waals surface area contributed by atoms with Crippen LogP contribution >= 0.6 is 27.7 Å². The first-order chi connectivity index (χ1) is 11.4. The van der Waals surface area contributed by atoms with Crippen LogP contribution in [-0.2, 0) is 10.5 Å². The van der Waals surface area contributed by atoms with Gasteiger partial charge in [0, 0.05) is 15.8 Å². The first-order valence-corrected chi connectivity index (χ1v) is 8.95. The highest BCUT2D eigenvalue weighted by atomic mass is 79.9. The molecule has 1 unspecified atom stereocenters. The topological polar surface area (TPSA) is 38.3 Å². The van der Waals surface area contributed by atoms with E-state index in [2.05, 4.69) is 21.2 Å². The van der Waals surface area contributed by atoms with E-state index < -0.39 is 11.1 Å². The number of halogens is 3. The molecule has 0 saturated carbocycles. The fourth-order valence-electron chi connectivity index (χ4n) is 1.98. The predicted molar refractivity (Wildman–Crippen MR) is 96.4 cm³/mol. The molecule has 0 spiro atoms. The minimum atomic E-state index is -0.512. The van der Waals surface area contributed by atoms with E-state index in [-0.39, 0.29) is 17.4 Å². The number of rotatable bonds is 6. The highest BCUT2D eigenvalue weighted by Crippen LogP contribution is 2.27. The molecule has 0 bridgehead atoms. The van der Waals surface area contributed by atoms with Crippen molar-refractivity contribution < 1.29 is 18.3 Å². The van der Waals surface area contributed by atoms with Gasteiger partial charge in [0.1, 0.15) is 17.4 Å². The third-order valence-corrected chi connectivity index (χ3v) is 4.97. The summed E-state index contributed by atoms with van der Waals surface area (Å²) in [6.07, 6.45) is 0. The van der Waals surface area contributed by atoms with Gasteiger partial charge in [-0.25, -0.2) is 8.78 Å². The Labute approximate surface area is 151 Å². The second-order valence-electron chi connectivity index (χ2n) is 5.02. The Morgan fingerprint density at radius 3 is 2.71 bits per heavy atom. The maximum absolute atomic E-state index is 13.8. The zero-order valence-electron chi connectivity index (χ0n) is 13.1. The normalized spacial score (nSPS) is 11.9. The number of carbonyl (C=O) groups excluding carboxylic acids is 1. The number of anilines is 1. The lowest BCUT2D eigenvalue weighted by Crippen LogP contribution is -2.23. The summed E-state index contributed by atoms with van der Waals surface area (Å²) in [5.74, 6) is -0.229. The number of nitrogens with one attached hydrogen (secondary N) is 1. The van der Waals surface area contributed by atoms with Gasteiger partial charge in [0.25, 0.3) is 0 Å². The van der Waals surface area contributed by atoms with Crippen LogP contribution in [0.25, 0.3) is 0 Å². The summed E-state index contributed by atoms with van der Waals surface area (Å²) < 4.78 is 32.9. The number of hydrogen-bond donors (Lipinski definition) is 1. The van der Waals surface area contributed by atoms with Gasteiger partial charge in [0.2, 0.25) is 5.91 Å². The average molecular weight is 416 g/mol. The van der Waals surface area contributed by atoms with Crippen LogP contribution in [0.1, 0.15) is 12.5 Å². The SMILES string of the molecule is COc1ccc(F)cc1CSC(C)C(=O)Nc1ccc(Br)cc1F. The molecule has 0 aromatic heterocycles. The Hall–Kier alpha value is -1.60. The van der Waals surface area contributed by atoms with Crippen LogP contribution in [0.15, 0.2) is 40.9 Å². The van der Waals surface area contributed by atoms with Gasteiger partial charge in [-0.1, -0.05) is 15.9 Å². The van der Waals surface area contributed by atoms with Crippen molar-refractivity contribution in [3.05, 3.63) is 58.1 Å². The number of amides is 1. The van der Waals surface area contributed by atoms with Gasteiger partial charge < -0.3 is 10.1 Å². The van der Waals surface area contributed by atoms with E-state index in [0.29, 0.717) is 21.5 Å². The smallest absolute Gasteiger partial charge is 0.237 e. The van der Waals surface area contributed by atoms with Gasteiger partial charge in [0.05, 0.1) is 18.0 Å². The van der Waals surface area contributed by atoms with Crippen molar-refractivity contribution in [3.63, 3.8) is 0 Å². The van der Waals surface area contributed by atoms with Crippen LogP contribution in [0.3, 0.4) is 0 Å². The van der Waals surface area contributed by atoms with Crippen molar-refractivity contribution in [1.82, 2.24) is 0 Å². The predicted octanol–water partition coefficient (Wildman–Crippen LogP) is 5.00. The molecule has 0 aliphatic heterocycles. The zero-order chi connectivity index (χ0) is 17.7. The Morgan fingerprint density at radius 1 is 1.29 bits per heavy atom. The van der Waals surface area contributed by atoms with Crippen molar-refractivity contribution in [2.75, 3.05) is 12.4 Å². The summed E-state index contributed by atoms with van der Waals surface area (Å²) >= 11 is 4.48. The van der Waals surface area contributed by atoms with Crippen LogP contribution in [-0.4, -0.2) is 18.3 Å². The minimum absolute atomic E-state index is 0.124.